The Morgan fingerprint density at radius 1 is 1.15 bits per heavy atom. The van der Waals surface area contributed by atoms with Gasteiger partial charge >= 0.3 is 0 Å². The number of rotatable bonds is 5. The van der Waals surface area contributed by atoms with Crippen molar-refractivity contribution in [3.8, 4) is 0 Å². The van der Waals surface area contributed by atoms with Crippen LogP contribution in [0.5, 0.6) is 0 Å². The highest BCUT2D eigenvalue weighted by Crippen LogP contribution is 2.32. The maximum Gasteiger partial charge on any atom is 0.188 e. The Balaban J connectivity index is 1.46. The molecular weight excluding hydrogens is 412 g/mol. The van der Waals surface area contributed by atoms with Gasteiger partial charge in [-0.15, -0.1) is 0 Å². The number of nitrogens with one attached hydrogen (secondary N) is 2. The number of piperidine rings is 1. The minimum absolute atomic E-state index is 0.135. The van der Waals surface area contributed by atoms with E-state index >= 15 is 0 Å². The van der Waals surface area contributed by atoms with Crippen LogP contribution in [-0.2, 0) is 4.74 Å². The topological polar surface area (TPSA) is 94.3 Å². The van der Waals surface area contributed by atoms with Crippen molar-refractivity contribution in [2.75, 3.05) is 33.2 Å². The molecule has 0 aliphatic carbocycles. The summed E-state index contributed by atoms with van der Waals surface area (Å²) in [4.78, 5) is 12.6. The average molecular weight is 445 g/mol. The molecule has 5 rings (SSSR count). The number of nitrogens with zero attached hydrogens (tertiary/aromatic N) is 3. The first-order valence-corrected chi connectivity index (χ1v) is 11.7. The average Bonchev–Trinajstić information content (AvgIpc) is 3.28. The van der Waals surface area contributed by atoms with Gasteiger partial charge in [0.25, 0.3) is 0 Å². The van der Waals surface area contributed by atoms with Gasteiger partial charge in [0.1, 0.15) is 11.9 Å². The van der Waals surface area contributed by atoms with E-state index in [9.17, 15) is 0 Å². The van der Waals surface area contributed by atoms with Crippen molar-refractivity contribution in [1.82, 2.24) is 19.8 Å². The molecule has 0 amide bonds. The number of nitrogens with two attached hydrogens (primary N) is 1. The number of hydrogen-bond donors (Lipinski definition) is 3. The molecule has 3 aromatic rings. The number of hydrogen-bond acceptors (Lipinski definition) is 4. The van der Waals surface area contributed by atoms with E-state index in [4.69, 9.17) is 20.9 Å². The first-order chi connectivity index (χ1) is 16.1. The Morgan fingerprint density at radius 2 is 1.97 bits per heavy atom. The summed E-state index contributed by atoms with van der Waals surface area (Å²) in [6.45, 7) is 3.55. The molecular formula is C26H32N6O. The smallest absolute Gasteiger partial charge is 0.188 e. The zero-order chi connectivity index (χ0) is 22.8. The van der Waals surface area contributed by atoms with E-state index in [0.29, 0.717) is 6.54 Å². The van der Waals surface area contributed by atoms with Gasteiger partial charge < -0.3 is 25.3 Å². The maximum absolute atomic E-state index is 7.67. The van der Waals surface area contributed by atoms with Crippen LogP contribution in [0.4, 0.5) is 0 Å². The second kappa shape index (κ2) is 9.37. The lowest BCUT2D eigenvalue weighted by Gasteiger charge is -2.31. The fourth-order valence-corrected chi connectivity index (χ4v) is 4.76. The normalized spacial score (nSPS) is 18.9. The standard InChI is InChI=1S/C26H32N6O/c1-31-13-11-21(12-14-31)33-24(25-29-22-7-2-3-8-23(22)30-25)20-6-4-5-19(17-20)18-9-15-32(16-10-18)26(27)28/h2-9,17,21,24H,10-16H2,1H3,(H3,27,28)(H,29,30). The molecule has 2 aromatic carbocycles. The number of imidazole rings is 1. The molecule has 0 saturated carbocycles. The first kappa shape index (κ1) is 21.7. The Morgan fingerprint density at radius 3 is 2.70 bits per heavy atom. The van der Waals surface area contributed by atoms with Crippen LogP contribution >= 0.6 is 0 Å². The number of aromatic amines is 1. The summed E-state index contributed by atoms with van der Waals surface area (Å²) in [6, 6.07) is 16.8. The number of aromatic nitrogens is 2. The number of para-hydroxylation sites is 2. The predicted molar refractivity (Wildman–Crippen MR) is 132 cm³/mol. The number of benzene rings is 2. The Hall–Kier alpha value is -3.16. The second-order valence-corrected chi connectivity index (χ2v) is 9.09. The number of ether oxygens (including phenoxy) is 1. The third-order valence-corrected chi connectivity index (χ3v) is 6.76. The Bertz CT molecular complexity index is 1130. The highest BCUT2D eigenvalue weighted by atomic mass is 16.5. The van der Waals surface area contributed by atoms with Crippen molar-refractivity contribution in [3.05, 3.63) is 71.6 Å². The molecule has 1 saturated heterocycles. The third-order valence-electron chi connectivity index (χ3n) is 6.76. The number of fused-ring (bicyclic) bond motifs is 1. The summed E-state index contributed by atoms with van der Waals surface area (Å²) in [5.74, 6) is 0.989. The van der Waals surface area contributed by atoms with Crippen molar-refractivity contribution in [2.24, 2.45) is 5.73 Å². The van der Waals surface area contributed by atoms with Gasteiger partial charge in [-0.05, 0) is 61.2 Å². The maximum atomic E-state index is 7.67. The molecule has 2 aliphatic rings. The summed E-state index contributed by atoms with van der Waals surface area (Å²) >= 11 is 0. The monoisotopic (exact) mass is 444 g/mol. The van der Waals surface area contributed by atoms with Crippen LogP contribution in [0.1, 0.15) is 42.3 Å². The lowest BCUT2D eigenvalue weighted by Crippen LogP contribution is -2.39. The van der Waals surface area contributed by atoms with E-state index in [1.54, 1.807) is 0 Å². The van der Waals surface area contributed by atoms with Gasteiger partial charge in [0.05, 0.1) is 17.1 Å². The van der Waals surface area contributed by atoms with E-state index in [0.717, 1.165) is 61.3 Å². The quantitative estimate of drug-likeness (QED) is 0.412. The van der Waals surface area contributed by atoms with E-state index in [1.807, 2.05) is 23.1 Å². The molecule has 2 aliphatic heterocycles. The minimum Gasteiger partial charge on any atom is -0.370 e. The fraction of sp³-hybridized carbons (Fsp3) is 0.385. The number of likely N-dealkylation sites (tertiary alicyclic amines) is 1. The van der Waals surface area contributed by atoms with Crippen LogP contribution in [0.25, 0.3) is 16.6 Å². The van der Waals surface area contributed by atoms with Crippen LogP contribution in [0.3, 0.4) is 0 Å². The minimum atomic E-state index is -0.247. The molecule has 1 unspecified atom stereocenters. The van der Waals surface area contributed by atoms with Crippen molar-refractivity contribution in [3.63, 3.8) is 0 Å². The molecule has 1 aromatic heterocycles. The van der Waals surface area contributed by atoms with E-state index in [2.05, 4.69) is 53.3 Å². The molecule has 1 fully saturated rings. The summed E-state index contributed by atoms with van der Waals surface area (Å²) in [7, 11) is 2.17. The summed E-state index contributed by atoms with van der Waals surface area (Å²) in [5.41, 5.74) is 11.2. The van der Waals surface area contributed by atoms with E-state index < -0.39 is 0 Å². The van der Waals surface area contributed by atoms with Crippen molar-refractivity contribution in [2.45, 2.75) is 31.5 Å². The zero-order valence-electron chi connectivity index (χ0n) is 19.1. The van der Waals surface area contributed by atoms with Gasteiger partial charge in [0.2, 0.25) is 0 Å². The van der Waals surface area contributed by atoms with E-state index in [-0.39, 0.29) is 18.2 Å². The highest BCUT2D eigenvalue weighted by Gasteiger charge is 2.26. The molecule has 0 radical (unpaired) electrons. The molecule has 33 heavy (non-hydrogen) atoms. The molecule has 7 heteroatoms. The third kappa shape index (κ3) is 4.79. The number of H-pyrrole nitrogens is 1. The van der Waals surface area contributed by atoms with Crippen LogP contribution in [-0.4, -0.2) is 65.1 Å². The van der Waals surface area contributed by atoms with Gasteiger partial charge in [0, 0.05) is 26.2 Å². The molecule has 172 valence electrons. The van der Waals surface area contributed by atoms with Crippen LogP contribution in [0.2, 0.25) is 0 Å². The zero-order valence-corrected chi connectivity index (χ0v) is 19.1. The van der Waals surface area contributed by atoms with Gasteiger partial charge in [-0.25, -0.2) is 4.98 Å². The lowest BCUT2D eigenvalue weighted by molar-refractivity contribution is -0.0264. The summed E-state index contributed by atoms with van der Waals surface area (Å²) in [6.07, 6.45) is 5.06. The highest BCUT2D eigenvalue weighted by molar-refractivity contribution is 5.77. The van der Waals surface area contributed by atoms with E-state index in [1.165, 1.54) is 11.1 Å². The largest absolute Gasteiger partial charge is 0.370 e. The van der Waals surface area contributed by atoms with Crippen molar-refractivity contribution >= 4 is 22.6 Å². The molecule has 0 bridgehead atoms. The summed E-state index contributed by atoms with van der Waals surface area (Å²) < 4.78 is 6.74. The van der Waals surface area contributed by atoms with Crippen molar-refractivity contribution < 1.29 is 4.74 Å². The molecule has 7 nitrogen and oxygen atoms in total. The van der Waals surface area contributed by atoms with Gasteiger partial charge in [-0.2, -0.15) is 0 Å². The van der Waals surface area contributed by atoms with Gasteiger partial charge in [-0.1, -0.05) is 36.4 Å². The number of guanidine groups is 1. The van der Waals surface area contributed by atoms with Crippen LogP contribution in [0.15, 0.2) is 54.6 Å². The fourth-order valence-electron chi connectivity index (χ4n) is 4.76. The van der Waals surface area contributed by atoms with Crippen LogP contribution in [0, 0.1) is 5.41 Å². The lowest BCUT2D eigenvalue weighted by atomic mass is 9.96. The SMILES string of the molecule is CN1CCC(OC(c2cccc(C3=CCN(C(=N)N)CC3)c2)c2nc3ccccc3[nH]2)CC1. The second-order valence-electron chi connectivity index (χ2n) is 9.09. The van der Waals surface area contributed by atoms with Crippen molar-refractivity contribution in [1.29, 1.82) is 5.41 Å². The molecule has 4 N–H and O–H groups in total. The molecule has 1 atom stereocenters. The molecule has 3 heterocycles. The van der Waals surface area contributed by atoms with Crippen LogP contribution < -0.4 is 5.73 Å². The Labute approximate surface area is 194 Å². The Kier molecular flexibility index (Phi) is 6.15. The molecule has 0 spiro atoms. The predicted octanol–water partition coefficient (Wildman–Crippen LogP) is 3.75. The van der Waals surface area contributed by atoms with Gasteiger partial charge in [-0.3, -0.25) is 5.41 Å². The summed E-state index contributed by atoms with van der Waals surface area (Å²) in [5, 5.41) is 7.67. The first-order valence-electron chi connectivity index (χ1n) is 11.7. The van der Waals surface area contributed by atoms with Gasteiger partial charge in [0.15, 0.2) is 5.96 Å².